The van der Waals surface area contributed by atoms with Gasteiger partial charge >= 0.3 is 6.03 Å². The van der Waals surface area contributed by atoms with E-state index in [1.54, 1.807) is 4.90 Å². The van der Waals surface area contributed by atoms with Gasteiger partial charge in [0.05, 0.1) is 12.1 Å². The average Bonchev–Trinajstić information content (AvgIpc) is 2.81. The lowest BCUT2D eigenvalue weighted by Crippen LogP contribution is -2.49. The topological polar surface area (TPSA) is 93.2 Å². The van der Waals surface area contributed by atoms with Crippen molar-refractivity contribution in [2.75, 3.05) is 45.8 Å². The summed E-state index contributed by atoms with van der Waals surface area (Å²) < 4.78 is 26.6. The van der Waals surface area contributed by atoms with E-state index in [9.17, 15) is 28.3 Å². The quantitative estimate of drug-likeness (QED) is 0.662. The normalized spacial score (nSPS) is 29.6. The van der Waals surface area contributed by atoms with Crippen molar-refractivity contribution in [3.05, 3.63) is 0 Å². The molecular formula is C17H26F2N4O4. The van der Waals surface area contributed by atoms with Crippen LogP contribution in [0.4, 0.5) is 13.6 Å². The van der Waals surface area contributed by atoms with E-state index >= 15 is 0 Å². The van der Waals surface area contributed by atoms with E-state index in [-0.39, 0.29) is 44.9 Å². The van der Waals surface area contributed by atoms with E-state index in [4.69, 9.17) is 0 Å². The number of piperidine rings is 1. The second-order valence-corrected chi connectivity index (χ2v) is 7.73. The smallest absolute Gasteiger partial charge is 0.325 e. The number of carbonyl (C=O) groups excluding carboxylic acids is 3. The molecular weight excluding hydrogens is 362 g/mol. The predicted octanol–water partition coefficient (Wildman–Crippen LogP) is 0.0129. The standard InChI is InChI=1S/C17H26F2N4O4/c18-17(19)4-7-21(8-5-17)12-16(27)2-1-6-22(9-3-16)14(25)11-23-13(24)10-20-15(23)26/h27H,1-12H2,(H,20,26)/t16-/m0/s1. The summed E-state index contributed by atoms with van der Waals surface area (Å²) in [5, 5.41) is 13.3. The van der Waals surface area contributed by atoms with Gasteiger partial charge in [-0.1, -0.05) is 0 Å². The number of amides is 4. The molecule has 152 valence electrons. The molecule has 0 aromatic rings. The molecule has 3 heterocycles. The maximum atomic E-state index is 13.3. The second-order valence-electron chi connectivity index (χ2n) is 7.73. The molecule has 0 spiro atoms. The first-order chi connectivity index (χ1) is 12.7. The van der Waals surface area contributed by atoms with Gasteiger partial charge in [-0.25, -0.2) is 13.6 Å². The van der Waals surface area contributed by atoms with Gasteiger partial charge in [0.25, 0.3) is 11.8 Å². The number of halogens is 2. The Kier molecular flexibility index (Phi) is 5.66. The van der Waals surface area contributed by atoms with Gasteiger partial charge < -0.3 is 20.2 Å². The summed E-state index contributed by atoms with van der Waals surface area (Å²) in [7, 11) is 0. The largest absolute Gasteiger partial charge is 0.388 e. The summed E-state index contributed by atoms with van der Waals surface area (Å²) in [4.78, 5) is 39.9. The van der Waals surface area contributed by atoms with Crippen LogP contribution in [-0.2, 0) is 9.59 Å². The molecule has 10 heteroatoms. The van der Waals surface area contributed by atoms with E-state index in [1.807, 2.05) is 4.90 Å². The van der Waals surface area contributed by atoms with E-state index in [0.29, 0.717) is 38.9 Å². The van der Waals surface area contributed by atoms with Gasteiger partial charge in [-0.3, -0.25) is 14.5 Å². The molecule has 0 aromatic heterocycles. The Bertz CT molecular complexity index is 592. The maximum absolute atomic E-state index is 13.3. The number of nitrogens with one attached hydrogen (secondary N) is 1. The van der Waals surface area contributed by atoms with Crippen molar-refractivity contribution in [3.8, 4) is 0 Å². The summed E-state index contributed by atoms with van der Waals surface area (Å²) in [6, 6.07) is -0.568. The predicted molar refractivity (Wildman–Crippen MR) is 91.1 cm³/mol. The van der Waals surface area contributed by atoms with E-state index in [2.05, 4.69) is 5.32 Å². The van der Waals surface area contributed by atoms with Gasteiger partial charge in [-0.2, -0.15) is 0 Å². The molecule has 0 radical (unpaired) electrons. The number of hydrogen-bond donors (Lipinski definition) is 2. The van der Waals surface area contributed by atoms with E-state index < -0.39 is 23.5 Å². The molecule has 0 aromatic carbocycles. The fraction of sp³-hybridized carbons (Fsp3) is 0.824. The number of urea groups is 1. The minimum absolute atomic E-state index is 0.0965. The highest BCUT2D eigenvalue weighted by Gasteiger charge is 2.39. The van der Waals surface area contributed by atoms with Crippen molar-refractivity contribution < 1.29 is 28.3 Å². The van der Waals surface area contributed by atoms with Gasteiger partial charge in [-0.15, -0.1) is 0 Å². The third-order valence-electron chi connectivity index (χ3n) is 5.61. The van der Waals surface area contributed by atoms with Crippen LogP contribution in [0.25, 0.3) is 0 Å². The molecule has 0 unspecified atom stereocenters. The molecule has 8 nitrogen and oxygen atoms in total. The summed E-state index contributed by atoms with van der Waals surface area (Å²) >= 11 is 0. The molecule has 0 aliphatic carbocycles. The van der Waals surface area contributed by atoms with Crippen molar-refractivity contribution in [3.63, 3.8) is 0 Å². The van der Waals surface area contributed by atoms with E-state index in [0.717, 1.165) is 4.90 Å². The summed E-state index contributed by atoms with van der Waals surface area (Å²) in [5.41, 5.74) is -1.03. The molecule has 1 atom stereocenters. The second kappa shape index (κ2) is 7.67. The SMILES string of the molecule is O=C(CN1C(=O)CNC1=O)N1CCC[C@@](O)(CN2CCC(F)(F)CC2)CC1. The Hall–Kier alpha value is -1.81. The average molecular weight is 388 g/mol. The van der Waals surface area contributed by atoms with Gasteiger partial charge in [0.2, 0.25) is 5.91 Å². The molecule has 3 aliphatic rings. The van der Waals surface area contributed by atoms with Crippen LogP contribution in [0.3, 0.4) is 0 Å². The zero-order valence-corrected chi connectivity index (χ0v) is 15.3. The molecule has 3 aliphatic heterocycles. The minimum Gasteiger partial charge on any atom is -0.388 e. The molecule has 0 saturated carbocycles. The van der Waals surface area contributed by atoms with Crippen LogP contribution in [0.15, 0.2) is 0 Å². The molecule has 3 saturated heterocycles. The minimum atomic E-state index is -2.62. The van der Waals surface area contributed by atoms with Gasteiger partial charge in [-0.05, 0) is 19.3 Å². The highest BCUT2D eigenvalue weighted by Crippen LogP contribution is 2.30. The number of aliphatic hydroxyl groups is 1. The van der Waals surface area contributed by atoms with Gasteiger partial charge in [0.15, 0.2) is 0 Å². The Labute approximate surface area is 156 Å². The summed E-state index contributed by atoms with van der Waals surface area (Å²) in [6.45, 7) is 1.17. The molecule has 4 amide bonds. The fourth-order valence-electron chi connectivity index (χ4n) is 3.89. The Morgan fingerprint density at radius 2 is 1.78 bits per heavy atom. The Morgan fingerprint density at radius 3 is 2.41 bits per heavy atom. The molecule has 2 N–H and O–H groups in total. The molecule has 3 fully saturated rings. The lowest BCUT2D eigenvalue weighted by atomic mass is 9.93. The van der Waals surface area contributed by atoms with Crippen molar-refractivity contribution in [1.29, 1.82) is 0 Å². The molecule has 3 rings (SSSR count). The molecule has 27 heavy (non-hydrogen) atoms. The number of alkyl halides is 2. The summed E-state index contributed by atoms with van der Waals surface area (Å²) in [6.07, 6.45) is 1.00. The van der Waals surface area contributed by atoms with Gasteiger partial charge in [0.1, 0.15) is 6.54 Å². The zero-order chi connectivity index (χ0) is 19.7. The first kappa shape index (κ1) is 19.9. The Balaban J connectivity index is 1.51. The molecule has 0 bridgehead atoms. The van der Waals surface area contributed by atoms with Crippen LogP contribution in [0.5, 0.6) is 0 Å². The lowest BCUT2D eigenvalue weighted by molar-refractivity contribution is -0.136. The van der Waals surface area contributed by atoms with Gasteiger partial charge in [0, 0.05) is 45.6 Å². The van der Waals surface area contributed by atoms with Crippen molar-refractivity contribution in [2.45, 2.75) is 43.6 Å². The first-order valence-electron chi connectivity index (χ1n) is 9.36. The van der Waals surface area contributed by atoms with Crippen LogP contribution in [-0.4, -0.2) is 95.0 Å². The lowest BCUT2D eigenvalue weighted by Gasteiger charge is -2.37. The number of rotatable bonds is 4. The van der Waals surface area contributed by atoms with E-state index in [1.165, 1.54) is 0 Å². The number of likely N-dealkylation sites (tertiary alicyclic amines) is 2. The zero-order valence-electron chi connectivity index (χ0n) is 15.3. The monoisotopic (exact) mass is 388 g/mol. The number of carbonyl (C=O) groups is 3. The van der Waals surface area contributed by atoms with Crippen LogP contribution in [0.1, 0.15) is 32.1 Å². The third-order valence-corrected chi connectivity index (χ3v) is 5.61. The van der Waals surface area contributed by atoms with Crippen LogP contribution < -0.4 is 5.32 Å². The van der Waals surface area contributed by atoms with Crippen molar-refractivity contribution >= 4 is 17.8 Å². The third kappa shape index (κ3) is 4.92. The first-order valence-corrected chi connectivity index (χ1v) is 9.36. The number of β-amino-alcohol motifs (C(OH)–C–C–N with tert-alkyl or cyclic N) is 1. The van der Waals surface area contributed by atoms with Crippen LogP contribution in [0.2, 0.25) is 0 Å². The maximum Gasteiger partial charge on any atom is 0.325 e. The van der Waals surface area contributed by atoms with Crippen molar-refractivity contribution in [1.82, 2.24) is 20.0 Å². The van der Waals surface area contributed by atoms with Crippen LogP contribution >= 0.6 is 0 Å². The fourth-order valence-corrected chi connectivity index (χ4v) is 3.89. The summed E-state index contributed by atoms with van der Waals surface area (Å²) in [5.74, 6) is -3.38. The number of nitrogens with zero attached hydrogens (tertiary/aromatic N) is 3. The Morgan fingerprint density at radius 1 is 1.07 bits per heavy atom. The highest BCUT2D eigenvalue weighted by molar-refractivity contribution is 6.04. The number of hydrogen-bond acceptors (Lipinski definition) is 5. The van der Waals surface area contributed by atoms with Crippen molar-refractivity contribution in [2.24, 2.45) is 0 Å². The highest BCUT2D eigenvalue weighted by atomic mass is 19.3. The number of imide groups is 1. The van der Waals surface area contributed by atoms with Crippen LogP contribution in [0, 0.1) is 0 Å².